The molecule has 3 heteroatoms. The lowest BCUT2D eigenvalue weighted by atomic mass is 10.1. The van der Waals surface area contributed by atoms with Gasteiger partial charge in [-0.1, -0.05) is 18.2 Å². The second-order valence-corrected chi connectivity index (χ2v) is 3.75. The van der Waals surface area contributed by atoms with Gasteiger partial charge in [-0.05, 0) is 49.5 Å². The monoisotopic (exact) mass is 222 g/mol. The van der Waals surface area contributed by atoms with Gasteiger partial charge < -0.3 is 15.3 Å². The summed E-state index contributed by atoms with van der Waals surface area (Å²) in [5.41, 5.74) is 1.21. The first-order chi connectivity index (χ1) is 7.68. The largest absolute Gasteiger partial charge is 0.508 e. The molecule has 0 spiro atoms. The zero-order valence-corrected chi connectivity index (χ0v) is 9.21. The number of aliphatic hydroxyl groups is 2. The number of hydrogen-bond acceptors (Lipinski definition) is 3. The molecule has 0 saturated heterocycles. The minimum Gasteiger partial charge on any atom is -0.508 e. The Morgan fingerprint density at radius 1 is 1.06 bits per heavy atom. The number of allylic oxidation sites excluding steroid dienone is 1. The molecule has 0 saturated carbocycles. The van der Waals surface area contributed by atoms with Crippen LogP contribution in [-0.4, -0.2) is 21.6 Å². The molecule has 0 aromatic heterocycles. The van der Waals surface area contributed by atoms with E-state index in [-0.39, 0.29) is 0 Å². The standard InChI is InChI=1S/C13H18O3/c14-12-9-7-11(8-10-12)5-3-1-2-4-6-13(15)16/h4,6-10,13-16H,1-3,5H2. The Kier molecular flexibility index (Phi) is 5.61. The third-order valence-corrected chi connectivity index (χ3v) is 2.33. The average Bonchev–Trinajstić information content (AvgIpc) is 2.25. The summed E-state index contributed by atoms with van der Waals surface area (Å²) in [4.78, 5) is 0. The first kappa shape index (κ1) is 12.7. The highest BCUT2D eigenvalue weighted by molar-refractivity contribution is 5.25. The van der Waals surface area contributed by atoms with Crippen molar-refractivity contribution in [2.24, 2.45) is 0 Å². The molecular weight excluding hydrogens is 204 g/mol. The molecule has 16 heavy (non-hydrogen) atoms. The predicted octanol–water partition coefficient (Wildman–Crippen LogP) is 1.97. The molecule has 3 nitrogen and oxygen atoms in total. The van der Waals surface area contributed by atoms with Gasteiger partial charge in [0.2, 0.25) is 0 Å². The van der Waals surface area contributed by atoms with Crippen LogP contribution in [0.1, 0.15) is 24.8 Å². The molecule has 0 radical (unpaired) electrons. The average molecular weight is 222 g/mol. The first-order valence-electron chi connectivity index (χ1n) is 5.49. The van der Waals surface area contributed by atoms with Crippen LogP contribution in [0.25, 0.3) is 0 Å². The molecule has 1 aromatic rings. The van der Waals surface area contributed by atoms with Crippen LogP contribution in [0.4, 0.5) is 0 Å². The van der Waals surface area contributed by atoms with E-state index in [1.165, 1.54) is 11.6 Å². The van der Waals surface area contributed by atoms with E-state index in [1.54, 1.807) is 18.2 Å². The normalized spacial score (nSPS) is 11.4. The summed E-state index contributed by atoms with van der Waals surface area (Å²) in [6, 6.07) is 7.22. The van der Waals surface area contributed by atoms with Crippen LogP contribution in [-0.2, 0) is 6.42 Å². The van der Waals surface area contributed by atoms with Gasteiger partial charge in [-0.25, -0.2) is 0 Å². The molecule has 0 bridgehead atoms. The molecule has 1 rings (SSSR count). The fourth-order valence-electron chi connectivity index (χ4n) is 1.47. The van der Waals surface area contributed by atoms with Crippen molar-refractivity contribution in [1.29, 1.82) is 0 Å². The zero-order chi connectivity index (χ0) is 11.8. The van der Waals surface area contributed by atoms with E-state index in [1.807, 2.05) is 12.1 Å². The lowest BCUT2D eigenvalue weighted by Crippen LogP contribution is -1.97. The van der Waals surface area contributed by atoms with Crippen molar-refractivity contribution in [2.75, 3.05) is 0 Å². The number of unbranched alkanes of at least 4 members (excludes halogenated alkanes) is 2. The topological polar surface area (TPSA) is 60.7 Å². The predicted molar refractivity (Wildman–Crippen MR) is 63.0 cm³/mol. The van der Waals surface area contributed by atoms with Crippen molar-refractivity contribution in [1.82, 2.24) is 0 Å². The summed E-state index contributed by atoms with van der Waals surface area (Å²) >= 11 is 0. The molecule has 0 amide bonds. The van der Waals surface area contributed by atoms with Crippen LogP contribution in [0.15, 0.2) is 36.4 Å². The van der Waals surface area contributed by atoms with Gasteiger partial charge in [0.25, 0.3) is 0 Å². The maximum absolute atomic E-state index is 9.09. The number of benzene rings is 1. The Bertz CT molecular complexity index is 314. The van der Waals surface area contributed by atoms with Crippen molar-refractivity contribution < 1.29 is 15.3 Å². The summed E-state index contributed by atoms with van der Waals surface area (Å²) < 4.78 is 0. The van der Waals surface area contributed by atoms with Gasteiger partial charge in [0.15, 0.2) is 6.29 Å². The van der Waals surface area contributed by atoms with Gasteiger partial charge in [0.1, 0.15) is 5.75 Å². The molecule has 1 aromatic carbocycles. The highest BCUT2D eigenvalue weighted by Gasteiger charge is 1.93. The van der Waals surface area contributed by atoms with Crippen LogP contribution < -0.4 is 0 Å². The van der Waals surface area contributed by atoms with Crippen molar-refractivity contribution in [3.63, 3.8) is 0 Å². The van der Waals surface area contributed by atoms with Crippen LogP contribution in [0, 0.1) is 0 Å². The van der Waals surface area contributed by atoms with Crippen LogP contribution >= 0.6 is 0 Å². The van der Waals surface area contributed by atoms with Crippen molar-refractivity contribution in [2.45, 2.75) is 32.0 Å². The molecular formula is C13H18O3. The lowest BCUT2D eigenvalue weighted by Gasteiger charge is -2.00. The van der Waals surface area contributed by atoms with E-state index in [4.69, 9.17) is 15.3 Å². The first-order valence-corrected chi connectivity index (χ1v) is 5.49. The van der Waals surface area contributed by atoms with E-state index in [0.717, 1.165) is 25.7 Å². The number of aromatic hydroxyl groups is 1. The third-order valence-electron chi connectivity index (χ3n) is 2.33. The maximum atomic E-state index is 9.09. The maximum Gasteiger partial charge on any atom is 0.171 e. The molecule has 0 aliphatic rings. The molecule has 0 atom stereocenters. The van der Waals surface area contributed by atoms with Crippen molar-refractivity contribution >= 4 is 0 Å². The van der Waals surface area contributed by atoms with Gasteiger partial charge in [0, 0.05) is 0 Å². The summed E-state index contributed by atoms with van der Waals surface area (Å²) in [5.74, 6) is 0.295. The van der Waals surface area contributed by atoms with Gasteiger partial charge in [-0.2, -0.15) is 0 Å². The molecule has 0 unspecified atom stereocenters. The number of phenols is 1. The van der Waals surface area contributed by atoms with Crippen molar-refractivity contribution in [3.05, 3.63) is 42.0 Å². The van der Waals surface area contributed by atoms with Crippen LogP contribution in [0.3, 0.4) is 0 Å². The highest BCUT2D eigenvalue weighted by Crippen LogP contribution is 2.12. The summed E-state index contributed by atoms with van der Waals surface area (Å²) in [5, 5.41) is 26.2. The number of aliphatic hydroxyl groups excluding tert-OH is 1. The molecule has 0 aliphatic heterocycles. The Labute approximate surface area is 95.7 Å². The second-order valence-electron chi connectivity index (χ2n) is 3.75. The van der Waals surface area contributed by atoms with E-state index in [9.17, 15) is 0 Å². The zero-order valence-electron chi connectivity index (χ0n) is 9.21. The van der Waals surface area contributed by atoms with Gasteiger partial charge >= 0.3 is 0 Å². The molecule has 0 fully saturated rings. The smallest absolute Gasteiger partial charge is 0.171 e. The Morgan fingerprint density at radius 2 is 1.75 bits per heavy atom. The molecule has 0 aliphatic carbocycles. The summed E-state index contributed by atoms with van der Waals surface area (Å²) in [7, 11) is 0. The lowest BCUT2D eigenvalue weighted by molar-refractivity contribution is 0.00216. The van der Waals surface area contributed by atoms with Gasteiger partial charge in [-0.3, -0.25) is 0 Å². The number of aryl methyl sites for hydroxylation is 1. The van der Waals surface area contributed by atoms with Crippen LogP contribution in [0.2, 0.25) is 0 Å². The number of rotatable bonds is 6. The molecule has 88 valence electrons. The Balaban J connectivity index is 2.14. The minimum absolute atomic E-state index is 0.295. The van der Waals surface area contributed by atoms with Gasteiger partial charge in [-0.15, -0.1) is 0 Å². The summed E-state index contributed by atoms with van der Waals surface area (Å²) in [6.45, 7) is 0. The third kappa shape index (κ3) is 5.53. The summed E-state index contributed by atoms with van der Waals surface area (Å²) in [6.07, 6.45) is 5.73. The number of hydrogen-bond donors (Lipinski definition) is 3. The Morgan fingerprint density at radius 3 is 2.38 bits per heavy atom. The SMILES string of the molecule is Oc1ccc(CCCCC=CC(O)O)cc1. The number of phenolic OH excluding ortho intramolecular Hbond substituents is 1. The molecule has 3 N–H and O–H groups in total. The van der Waals surface area contributed by atoms with E-state index >= 15 is 0 Å². The van der Waals surface area contributed by atoms with Gasteiger partial charge in [0.05, 0.1) is 0 Å². The highest BCUT2D eigenvalue weighted by atomic mass is 16.5. The van der Waals surface area contributed by atoms with Crippen molar-refractivity contribution in [3.8, 4) is 5.75 Å². The fraction of sp³-hybridized carbons (Fsp3) is 0.385. The second kappa shape index (κ2) is 7.04. The fourth-order valence-corrected chi connectivity index (χ4v) is 1.47. The van der Waals surface area contributed by atoms with Crippen LogP contribution in [0.5, 0.6) is 5.75 Å². The van der Waals surface area contributed by atoms with E-state index < -0.39 is 6.29 Å². The Hall–Kier alpha value is -1.32. The minimum atomic E-state index is -1.34. The quantitative estimate of drug-likeness (QED) is 0.392. The molecule has 0 heterocycles. The van der Waals surface area contributed by atoms with E-state index in [0.29, 0.717) is 5.75 Å². The van der Waals surface area contributed by atoms with E-state index in [2.05, 4.69) is 0 Å².